The first kappa shape index (κ1) is 22.7. The predicted molar refractivity (Wildman–Crippen MR) is 124 cm³/mol. The van der Waals surface area contributed by atoms with Crippen molar-refractivity contribution in [2.24, 2.45) is 10.9 Å². The van der Waals surface area contributed by atoms with E-state index in [1.165, 1.54) is 18.8 Å². The van der Waals surface area contributed by atoms with E-state index in [2.05, 4.69) is 27.4 Å². The van der Waals surface area contributed by atoms with Crippen molar-refractivity contribution in [1.29, 1.82) is 0 Å². The Kier molecular flexibility index (Phi) is 6.05. The number of anilines is 1. The van der Waals surface area contributed by atoms with Gasteiger partial charge in [0.25, 0.3) is 0 Å². The molecule has 4 rings (SSSR count). The molecule has 2 heterocycles. The second kappa shape index (κ2) is 8.80. The first-order valence-electron chi connectivity index (χ1n) is 11.2. The molecule has 1 amide bonds. The Morgan fingerprint density at radius 2 is 1.82 bits per heavy atom. The largest absolute Gasteiger partial charge is 0.480 e. The number of aromatic nitrogens is 2. The van der Waals surface area contributed by atoms with Gasteiger partial charge in [-0.05, 0) is 57.9 Å². The van der Waals surface area contributed by atoms with Crippen LogP contribution in [0.1, 0.15) is 63.5 Å². The molecule has 1 fully saturated rings. The van der Waals surface area contributed by atoms with E-state index in [-0.39, 0.29) is 17.6 Å². The monoisotopic (exact) mass is 451 g/mol. The summed E-state index contributed by atoms with van der Waals surface area (Å²) in [6, 6.07) is 7.42. The number of ether oxygens (including phenoxy) is 1. The SMILES string of the molecule is CC(NC(=O)[C@H]1CC[C@H](c2ccc(C3=Nc4c(N)ncnc4OC3(C)C)cc2)CC1)C(=O)O. The fraction of sp³-hybridized carbons (Fsp3) is 0.458. The minimum Gasteiger partial charge on any atom is -0.480 e. The molecule has 1 aromatic carbocycles. The number of carboxylic acids is 1. The number of carbonyl (C=O) groups is 2. The number of fused-ring (bicyclic) bond motifs is 1. The second-order valence-electron chi connectivity index (χ2n) is 9.22. The standard InChI is InChI=1S/C24H29N5O4/c1-13(23(31)32)28-21(30)17-10-6-15(7-11-17)14-4-8-16(9-5-14)19-24(2,3)33-22-18(29-19)20(25)26-12-27-22/h4-5,8-9,12-13,15,17H,6-7,10-11H2,1-3H3,(H,28,30)(H,31,32)(H2,25,26,27)/t13?,15-,17-. The maximum atomic E-state index is 12.3. The molecule has 1 saturated carbocycles. The van der Waals surface area contributed by atoms with E-state index in [1.807, 2.05) is 26.0 Å². The molecule has 0 saturated heterocycles. The van der Waals surface area contributed by atoms with Gasteiger partial charge in [0, 0.05) is 11.5 Å². The Morgan fingerprint density at radius 1 is 1.15 bits per heavy atom. The summed E-state index contributed by atoms with van der Waals surface area (Å²) in [5, 5.41) is 11.6. The quantitative estimate of drug-likeness (QED) is 0.634. The van der Waals surface area contributed by atoms with E-state index < -0.39 is 17.6 Å². The van der Waals surface area contributed by atoms with Crippen LogP contribution in [0.4, 0.5) is 11.5 Å². The molecule has 0 bridgehead atoms. The number of nitrogen functional groups attached to an aromatic ring is 1. The molecule has 4 N–H and O–H groups in total. The lowest BCUT2D eigenvalue weighted by atomic mass is 9.78. The van der Waals surface area contributed by atoms with E-state index >= 15 is 0 Å². The van der Waals surface area contributed by atoms with E-state index in [0.717, 1.165) is 37.0 Å². The number of aliphatic imine (C=N–C) groups is 1. The van der Waals surface area contributed by atoms with Gasteiger partial charge < -0.3 is 20.9 Å². The molecule has 0 spiro atoms. The zero-order valence-corrected chi connectivity index (χ0v) is 19.0. The van der Waals surface area contributed by atoms with E-state index in [1.54, 1.807) is 0 Å². The van der Waals surface area contributed by atoms with Crippen molar-refractivity contribution in [3.05, 3.63) is 41.7 Å². The van der Waals surface area contributed by atoms with Crippen molar-refractivity contribution >= 4 is 29.1 Å². The number of hydrogen-bond acceptors (Lipinski definition) is 7. The first-order valence-corrected chi connectivity index (χ1v) is 11.2. The van der Waals surface area contributed by atoms with Gasteiger partial charge in [-0.25, -0.2) is 9.98 Å². The number of aliphatic carboxylic acids is 1. The zero-order valence-electron chi connectivity index (χ0n) is 19.0. The second-order valence-corrected chi connectivity index (χ2v) is 9.22. The summed E-state index contributed by atoms with van der Waals surface area (Å²) < 4.78 is 6.05. The van der Waals surface area contributed by atoms with Gasteiger partial charge in [0.2, 0.25) is 11.8 Å². The summed E-state index contributed by atoms with van der Waals surface area (Å²) in [6.45, 7) is 5.37. The summed E-state index contributed by atoms with van der Waals surface area (Å²) in [5.74, 6) is -0.298. The molecule has 9 heteroatoms. The van der Waals surface area contributed by atoms with Gasteiger partial charge in [0.1, 0.15) is 18.0 Å². The summed E-state index contributed by atoms with van der Waals surface area (Å²) in [7, 11) is 0. The topological polar surface area (TPSA) is 140 Å². The van der Waals surface area contributed by atoms with Gasteiger partial charge in [-0.15, -0.1) is 0 Å². The lowest BCUT2D eigenvalue weighted by Gasteiger charge is -2.32. The average Bonchev–Trinajstić information content (AvgIpc) is 2.78. The number of carboxylic acid groups (broad SMARTS) is 1. The van der Waals surface area contributed by atoms with Crippen molar-refractivity contribution in [1.82, 2.24) is 15.3 Å². The Hall–Kier alpha value is -3.49. The molecule has 1 atom stereocenters. The molecule has 1 aliphatic heterocycles. The van der Waals surface area contributed by atoms with Crippen LogP contribution in [0.15, 0.2) is 35.6 Å². The normalized spacial score (nSPS) is 22.3. The maximum Gasteiger partial charge on any atom is 0.325 e. The first-order chi connectivity index (χ1) is 15.7. The predicted octanol–water partition coefficient (Wildman–Crippen LogP) is 3.21. The Balaban J connectivity index is 1.45. The minimum absolute atomic E-state index is 0.135. The third kappa shape index (κ3) is 4.67. The molecule has 1 aliphatic carbocycles. The summed E-state index contributed by atoms with van der Waals surface area (Å²) in [6.07, 6.45) is 4.62. The van der Waals surface area contributed by atoms with Gasteiger partial charge in [0.15, 0.2) is 11.5 Å². The van der Waals surface area contributed by atoms with Gasteiger partial charge in [-0.2, -0.15) is 4.98 Å². The van der Waals surface area contributed by atoms with Crippen molar-refractivity contribution in [3.8, 4) is 5.88 Å². The molecular weight excluding hydrogens is 422 g/mol. The number of nitrogens with zero attached hydrogens (tertiary/aromatic N) is 3. The van der Waals surface area contributed by atoms with E-state index in [9.17, 15) is 9.59 Å². The molecule has 2 aromatic rings. The lowest BCUT2D eigenvalue weighted by Crippen LogP contribution is -2.42. The number of hydrogen-bond donors (Lipinski definition) is 3. The molecule has 0 radical (unpaired) electrons. The fourth-order valence-corrected chi connectivity index (χ4v) is 4.50. The third-order valence-corrected chi connectivity index (χ3v) is 6.45. The summed E-state index contributed by atoms with van der Waals surface area (Å²) >= 11 is 0. The maximum absolute atomic E-state index is 12.3. The highest BCUT2D eigenvalue weighted by atomic mass is 16.5. The van der Waals surface area contributed by atoms with Crippen LogP contribution in [0.5, 0.6) is 5.88 Å². The highest BCUT2D eigenvalue weighted by molar-refractivity contribution is 6.09. The number of amides is 1. The van der Waals surface area contributed by atoms with Crippen LogP contribution in [-0.2, 0) is 9.59 Å². The Morgan fingerprint density at radius 3 is 2.45 bits per heavy atom. The lowest BCUT2D eigenvalue weighted by molar-refractivity contribution is -0.142. The highest BCUT2D eigenvalue weighted by Crippen LogP contribution is 2.40. The zero-order chi connectivity index (χ0) is 23.8. The molecule has 33 heavy (non-hydrogen) atoms. The minimum atomic E-state index is -1.02. The fourth-order valence-electron chi connectivity index (χ4n) is 4.50. The number of benzene rings is 1. The van der Waals surface area contributed by atoms with Crippen LogP contribution < -0.4 is 15.8 Å². The third-order valence-electron chi connectivity index (χ3n) is 6.45. The van der Waals surface area contributed by atoms with Gasteiger partial charge in [-0.3, -0.25) is 9.59 Å². The van der Waals surface area contributed by atoms with Crippen molar-refractivity contribution < 1.29 is 19.4 Å². The molecule has 9 nitrogen and oxygen atoms in total. The summed E-state index contributed by atoms with van der Waals surface area (Å²) in [5.41, 5.74) is 8.66. The van der Waals surface area contributed by atoms with Crippen molar-refractivity contribution in [2.45, 2.75) is 64.0 Å². The number of nitrogens with two attached hydrogens (primary N) is 1. The molecule has 1 unspecified atom stereocenters. The Bertz CT molecular complexity index is 1090. The van der Waals surface area contributed by atoms with Crippen LogP contribution in [0.3, 0.4) is 0 Å². The average molecular weight is 452 g/mol. The number of rotatable bonds is 5. The van der Waals surface area contributed by atoms with Crippen LogP contribution in [0.2, 0.25) is 0 Å². The summed E-state index contributed by atoms with van der Waals surface area (Å²) in [4.78, 5) is 36.2. The van der Waals surface area contributed by atoms with Gasteiger partial charge in [0.05, 0.1) is 5.71 Å². The van der Waals surface area contributed by atoms with Gasteiger partial charge in [-0.1, -0.05) is 24.3 Å². The molecular formula is C24H29N5O4. The van der Waals surface area contributed by atoms with Crippen LogP contribution in [-0.4, -0.2) is 44.3 Å². The van der Waals surface area contributed by atoms with Crippen LogP contribution >= 0.6 is 0 Å². The smallest absolute Gasteiger partial charge is 0.325 e. The highest BCUT2D eigenvalue weighted by Gasteiger charge is 2.35. The molecule has 174 valence electrons. The molecule has 2 aliphatic rings. The van der Waals surface area contributed by atoms with Crippen molar-refractivity contribution in [2.75, 3.05) is 5.73 Å². The van der Waals surface area contributed by atoms with Crippen LogP contribution in [0.25, 0.3) is 0 Å². The van der Waals surface area contributed by atoms with E-state index in [4.69, 9.17) is 20.6 Å². The van der Waals surface area contributed by atoms with E-state index in [0.29, 0.717) is 17.5 Å². The number of nitrogens with one attached hydrogen (secondary N) is 1. The van der Waals surface area contributed by atoms with Gasteiger partial charge >= 0.3 is 5.97 Å². The number of carbonyl (C=O) groups excluding carboxylic acids is 1. The van der Waals surface area contributed by atoms with Crippen LogP contribution in [0, 0.1) is 5.92 Å². The van der Waals surface area contributed by atoms with Crippen molar-refractivity contribution in [3.63, 3.8) is 0 Å². The molecule has 1 aromatic heterocycles. The Labute approximate surface area is 192 Å².